The first-order chi connectivity index (χ1) is 6.79. The molecule has 0 bridgehead atoms. The summed E-state index contributed by atoms with van der Waals surface area (Å²) in [6.07, 6.45) is 2.95. The van der Waals surface area contributed by atoms with E-state index in [0.717, 1.165) is 24.7 Å². The molecule has 1 aliphatic heterocycles. The molecule has 1 aromatic heterocycles. The summed E-state index contributed by atoms with van der Waals surface area (Å²) in [5.41, 5.74) is 0. The van der Waals surface area contributed by atoms with Crippen molar-refractivity contribution < 1.29 is 4.74 Å². The lowest BCUT2D eigenvalue weighted by atomic mass is 10.4. The number of hydrogen-bond donors (Lipinski definition) is 0. The number of anilines is 1. The number of ether oxygens (including phenoxy) is 1. The standard InChI is InChI=1S/C10H13BrN2O/c1-14-9-2-3-10(12-6-9)13-5-4-8(11)7-13/h2-3,6,8H,4-5,7H2,1H3. The Kier molecular flexibility index (Phi) is 2.91. The molecule has 0 amide bonds. The van der Waals surface area contributed by atoms with Crippen molar-refractivity contribution in [2.45, 2.75) is 11.2 Å². The fourth-order valence-corrected chi connectivity index (χ4v) is 2.16. The monoisotopic (exact) mass is 256 g/mol. The summed E-state index contributed by atoms with van der Waals surface area (Å²) in [6.45, 7) is 2.12. The van der Waals surface area contributed by atoms with Crippen LogP contribution in [0.3, 0.4) is 0 Å². The Morgan fingerprint density at radius 3 is 2.93 bits per heavy atom. The number of hydrogen-bond acceptors (Lipinski definition) is 3. The van der Waals surface area contributed by atoms with Gasteiger partial charge in [-0.1, -0.05) is 15.9 Å². The van der Waals surface area contributed by atoms with Crippen molar-refractivity contribution in [3.63, 3.8) is 0 Å². The van der Waals surface area contributed by atoms with Crippen molar-refractivity contribution in [1.82, 2.24) is 4.98 Å². The molecule has 1 fully saturated rings. The number of aromatic nitrogens is 1. The zero-order valence-electron chi connectivity index (χ0n) is 8.11. The van der Waals surface area contributed by atoms with Crippen LogP contribution in [0.25, 0.3) is 0 Å². The van der Waals surface area contributed by atoms with Gasteiger partial charge >= 0.3 is 0 Å². The largest absolute Gasteiger partial charge is 0.495 e. The van der Waals surface area contributed by atoms with Crippen LogP contribution in [0, 0.1) is 0 Å². The molecule has 1 aromatic rings. The van der Waals surface area contributed by atoms with Crippen molar-refractivity contribution in [1.29, 1.82) is 0 Å². The van der Waals surface area contributed by atoms with E-state index < -0.39 is 0 Å². The molecule has 1 saturated heterocycles. The highest BCUT2D eigenvalue weighted by molar-refractivity contribution is 9.09. The number of nitrogens with zero attached hydrogens (tertiary/aromatic N) is 2. The summed E-state index contributed by atoms with van der Waals surface area (Å²) in [7, 11) is 1.65. The van der Waals surface area contributed by atoms with Crippen LogP contribution in [-0.4, -0.2) is 30.0 Å². The van der Waals surface area contributed by atoms with Gasteiger partial charge in [0.15, 0.2) is 0 Å². The molecular weight excluding hydrogens is 244 g/mol. The smallest absolute Gasteiger partial charge is 0.137 e. The van der Waals surface area contributed by atoms with Gasteiger partial charge in [-0.15, -0.1) is 0 Å². The fraction of sp³-hybridized carbons (Fsp3) is 0.500. The van der Waals surface area contributed by atoms with Gasteiger partial charge in [-0.05, 0) is 18.6 Å². The zero-order valence-corrected chi connectivity index (χ0v) is 9.70. The topological polar surface area (TPSA) is 25.4 Å². The molecule has 0 spiro atoms. The van der Waals surface area contributed by atoms with Gasteiger partial charge in [-0.2, -0.15) is 0 Å². The highest BCUT2D eigenvalue weighted by Crippen LogP contribution is 2.23. The van der Waals surface area contributed by atoms with E-state index in [9.17, 15) is 0 Å². The Morgan fingerprint density at radius 1 is 1.57 bits per heavy atom. The predicted molar refractivity (Wildman–Crippen MR) is 60.3 cm³/mol. The van der Waals surface area contributed by atoms with Gasteiger partial charge in [0, 0.05) is 17.9 Å². The van der Waals surface area contributed by atoms with Crippen molar-refractivity contribution in [3.05, 3.63) is 18.3 Å². The van der Waals surface area contributed by atoms with Gasteiger partial charge in [0.2, 0.25) is 0 Å². The quantitative estimate of drug-likeness (QED) is 0.758. The molecule has 4 heteroatoms. The van der Waals surface area contributed by atoms with E-state index in [-0.39, 0.29) is 0 Å². The summed E-state index contributed by atoms with van der Waals surface area (Å²) in [6, 6.07) is 3.95. The van der Waals surface area contributed by atoms with Crippen LogP contribution in [0.1, 0.15) is 6.42 Å². The van der Waals surface area contributed by atoms with Gasteiger partial charge < -0.3 is 9.64 Å². The third kappa shape index (κ3) is 2.00. The molecule has 0 N–H and O–H groups in total. The SMILES string of the molecule is COc1ccc(N2CCC(Br)C2)nc1. The van der Waals surface area contributed by atoms with Gasteiger partial charge in [0.1, 0.15) is 11.6 Å². The lowest BCUT2D eigenvalue weighted by Crippen LogP contribution is -2.20. The van der Waals surface area contributed by atoms with Gasteiger partial charge in [-0.3, -0.25) is 0 Å². The summed E-state index contributed by atoms with van der Waals surface area (Å²) in [5, 5.41) is 0. The number of rotatable bonds is 2. The number of pyridine rings is 1. The minimum absolute atomic E-state index is 0.603. The van der Waals surface area contributed by atoms with E-state index in [1.807, 2.05) is 12.1 Å². The van der Waals surface area contributed by atoms with Crippen molar-refractivity contribution >= 4 is 21.7 Å². The maximum Gasteiger partial charge on any atom is 0.137 e. The van der Waals surface area contributed by atoms with Crippen LogP contribution in [-0.2, 0) is 0 Å². The molecule has 2 rings (SSSR count). The summed E-state index contributed by atoms with van der Waals surface area (Å²) in [4.78, 5) is 7.23. The van der Waals surface area contributed by atoms with E-state index >= 15 is 0 Å². The maximum atomic E-state index is 5.06. The molecule has 0 radical (unpaired) electrons. The molecule has 76 valence electrons. The zero-order chi connectivity index (χ0) is 9.97. The normalized spacial score (nSPS) is 21.3. The molecule has 0 aliphatic carbocycles. The summed E-state index contributed by atoms with van der Waals surface area (Å²) in [5.74, 6) is 1.84. The maximum absolute atomic E-state index is 5.06. The molecular formula is C10H13BrN2O. The molecule has 3 nitrogen and oxygen atoms in total. The molecule has 0 aromatic carbocycles. The average Bonchev–Trinajstić information content (AvgIpc) is 2.65. The van der Waals surface area contributed by atoms with E-state index in [1.165, 1.54) is 6.42 Å². The molecule has 0 saturated carbocycles. The highest BCUT2D eigenvalue weighted by Gasteiger charge is 2.20. The van der Waals surface area contributed by atoms with E-state index in [1.54, 1.807) is 13.3 Å². The number of alkyl halides is 1. The number of methoxy groups -OCH3 is 1. The van der Waals surface area contributed by atoms with Crippen molar-refractivity contribution in [2.75, 3.05) is 25.1 Å². The van der Waals surface area contributed by atoms with Gasteiger partial charge in [0.25, 0.3) is 0 Å². The molecule has 2 heterocycles. The summed E-state index contributed by atoms with van der Waals surface area (Å²) >= 11 is 3.61. The fourth-order valence-electron chi connectivity index (χ4n) is 1.61. The Morgan fingerprint density at radius 2 is 2.43 bits per heavy atom. The Balaban J connectivity index is 2.09. The minimum Gasteiger partial charge on any atom is -0.495 e. The van der Waals surface area contributed by atoms with Crippen LogP contribution in [0.2, 0.25) is 0 Å². The first-order valence-corrected chi connectivity index (χ1v) is 5.60. The second-order valence-corrected chi connectivity index (χ2v) is 4.68. The Labute approximate surface area is 92.2 Å². The van der Waals surface area contributed by atoms with E-state index in [0.29, 0.717) is 4.83 Å². The van der Waals surface area contributed by atoms with Crippen molar-refractivity contribution in [2.24, 2.45) is 0 Å². The van der Waals surface area contributed by atoms with Gasteiger partial charge in [-0.25, -0.2) is 4.98 Å². The van der Waals surface area contributed by atoms with Gasteiger partial charge in [0.05, 0.1) is 13.3 Å². The average molecular weight is 257 g/mol. The molecule has 1 aliphatic rings. The highest BCUT2D eigenvalue weighted by atomic mass is 79.9. The van der Waals surface area contributed by atoms with Crippen LogP contribution >= 0.6 is 15.9 Å². The number of halogens is 1. The predicted octanol–water partition coefficient (Wildman–Crippen LogP) is 2.06. The second-order valence-electron chi connectivity index (χ2n) is 3.39. The first kappa shape index (κ1) is 9.77. The lowest BCUT2D eigenvalue weighted by Gasteiger charge is -2.16. The second kappa shape index (κ2) is 4.17. The first-order valence-electron chi connectivity index (χ1n) is 4.68. The molecule has 1 unspecified atom stereocenters. The summed E-state index contributed by atoms with van der Waals surface area (Å²) < 4.78 is 5.06. The van der Waals surface area contributed by atoms with Crippen LogP contribution in [0.4, 0.5) is 5.82 Å². The minimum atomic E-state index is 0.603. The lowest BCUT2D eigenvalue weighted by molar-refractivity contribution is 0.413. The third-order valence-electron chi connectivity index (χ3n) is 2.41. The molecule has 1 atom stereocenters. The molecule has 14 heavy (non-hydrogen) atoms. The van der Waals surface area contributed by atoms with E-state index in [4.69, 9.17) is 4.74 Å². The third-order valence-corrected chi connectivity index (χ3v) is 3.16. The van der Waals surface area contributed by atoms with Crippen molar-refractivity contribution in [3.8, 4) is 5.75 Å². The van der Waals surface area contributed by atoms with Crippen LogP contribution < -0.4 is 9.64 Å². The Hall–Kier alpha value is -0.770. The van der Waals surface area contributed by atoms with Crippen LogP contribution in [0.5, 0.6) is 5.75 Å². The van der Waals surface area contributed by atoms with E-state index in [2.05, 4.69) is 25.8 Å². The Bertz CT molecular complexity index is 301. The van der Waals surface area contributed by atoms with Crippen LogP contribution in [0.15, 0.2) is 18.3 Å².